The van der Waals surface area contributed by atoms with E-state index in [1.165, 1.54) is 12.1 Å². The number of likely N-dealkylation sites (tertiary alicyclic amines) is 1. The molecule has 2 aliphatic rings. The van der Waals surface area contributed by atoms with Crippen LogP contribution in [0, 0.1) is 11.7 Å². The lowest BCUT2D eigenvalue weighted by Gasteiger charge is -2.31. The maximum absolute atomic E-state index is 13.3. The highest BCUT2D eigenvalue weighted by Crippen LogP contribution is 2.29. The molecule has 154 valence electrons. The van der Waals surface area contributed by atoms with Gasteiger partial charge in [-0.1, -0.05) is 0 Å². The van der Waals surface area contributed by atoms with Gasteiger partial charge in [0.25, 0.3) is 5.91 Å². The van der Waals surface area contributed by atoms with Crippen molar-refractivity contribution in [2.24, 2.45) is 5.92 Å². The van der Waals surface area contributed by atoms with E-state index in [0.717, 1.165) is 55.5 Å². The Bertz CT molecular complexity index is 907. The molecule has 1 aromatic carbocycles. The van der Waals surface area contributed by atoms with Crippen LogP contribution in [0.1, 0.15) is 54.4 Å². The van der Waals surface area contributed by atoms with E-state index in [1.807, 2.05) is 0 Å². The first-order valence-electron chi connectivity index (χ1n) is 10.4. The van der Waals surface area contributed by atoms with Gasteiger partial charge in [-0.3, -0.25) is 9.59 Å². The predicted molar refractivity (Wildman–Crippen MR) is 105 cm³/mol. The summed E-state index contributed by atoms with van der Waals surface area (Å²) in [5.41, 5.74) is 3.24. The number of esters is 1. The summed E-state index contributed by atoms with van der Waals surface area (Å²) in [6, 6.07) is 6.18. The molecule has 0 bridgehead atoms. The van der Waals surface area contributed by atoms with Gasteiger partial charge in [0.1, 0.15) is 5.82 Å². The van der Waals surface area contributed by atoms with E-state index in [-0.39, 0.29) is 23.6 Å². The Labute approximate surface area is 169 Å². The summed E-state index contributed by atoms with van der Waals surface area (Å²) in [5.74, 6) is -0.936. The second-order valence-electron chi connectivity index (χ2n) is 7.71. The molecule has 0 spiro atoms. The first-order chi connectivity index (χ1) is 14.1. The van der Waals surface area contributed by atoms with Crippen LogP contribution in [-0.2, 0) is 22.4 Å². The molecule has 1 aliphatic carbocycles. The number of halogens is 1. The Morgan fingerprint density at radius 3 is 2.69 bits per heavy atom. The standard InChI is InChI=1S/C22H26FN3O3/c1-2-29-22(28)15-6-5-13-25(14-15)21(27)20-18-7-3-4-8-19(18)26(24-20)17-11-9-16(23)10-12-17/h9-12,15H,2-8,13-14H2,1H3. The minimum atomic E-state index is -0.301. The Balaban J connectivity index is 1.63. The van der Waals surface area contributed by atoms with Crippen LogP contribution in [0.5, 0.6) is 0 Å². The Kier molecular flexibility index (Phi) is 5.65. The molecule has 1 saturated heterocycles. The molecule has 0 N–H and O–H groups in total. The number of fused-ring (bicyclic) bond motifs is 1. The molecule has 1 atom stereocenters. The van der Waals surface area contributed by atoms with Crippen molar-refractivity contribution in [3.05, 3.63) is 47.0 Å². The zero-order chi connectivity index (χ0) is 20.4. The minimum Gasteiger partial charge on any atom is -0.466 e. The van der Waals surface area contributed by atoms with Crippen molar-refractivity contribution in [3.63, 3.8) is 0 Å². The highest BCUT2D eigenvalue weighted by Gasteiger charge is 2.33. The van der Waals surface area contributed by atoms with Crippen LogP contribution in [-0.4, -0.2) is 46.3 Å². The average molecular weight is 399 g/mol. The molecule has 2 heterocycles. The topological polar surface area (TPSA) is 64.4 Å². The van der Waals surface area contributed by atoms with Gasteiger partial charge in [-0.2, -0.15) is 5.10 Å². The summed E-state index contributed by atoms with van der Waals surface area (Å²) >= 11 is 0. The molecule has 2 aromatic rings. The molecular weight excluding hydrogens is 373 g/mol. The molecule has 0 radical (unpaired) electrons. The van der Waals surface area contributed by atoms with Crippen molar-refractivity contribution in [2.75, 3.05) is 19.7 Å². The molecule has 29 heavy (non-hydrogen) atoms. The zero-order valence-corrected chi connectivity index (χ0v) is 16.7. The number of rotatable bonds is 4. The second-order valence-corrected chi connectivity index (χ2v) is 7.71. The van der Waals surface area contributed by atoms with Crippen molar-refractivity contribution in [2.45, 2.75) is 45.4 Å². The number of carbonyl (C=O) groups is 2. The van der Waals surface area contributed by atoms with Crippen LogP contribution >= 0.6 is 0 Å². The summed E-state index contributed by atoms with van der Waals surface area (Å²) in [7, 11) is 0. The van der Waals surface area contributed by atoms with Gasteiger partial charge in [0.15, 0.2) is 5.69 Å². The van der Waals surface area contributed by atoms with Crippen LogP contribution in [0.4, 0.5) is 4.39 Å². The van der Waals surface area contributed by atoms with Gasteiger partial charge in [0, 0.05) is 24.3 Å². The monoisotopic (exact) mass is 399 g/mol. The number of hydrogen-bond donors (Lipinski definition) is 0. The van der Waals surface area contributed by atoms with E-state index in [4.69, 9.17) is 4.74 Å². The third-order valence-corrected chi connectivity index (χ3v) is 5.78. The van der Waals surface area contributed by atoms with Crippen molar-refractivity contribution < 1.29 is 18.7 Å². The van der Waals surface area contributed by atoms with E-state index in [1.54, 1.807) is 28.6 Å². The Hall–Kier alpha value is -2.70. The number of carbonyl (C=O) groups excluding carboxylic acids is 2. The van der Waals surface area contributed by atoms with E-state index in [9.17, 15) is 14.0 Å². The summed E-state index contributed by atoms with van der Waals surface area (Å²) < 4.78 is 20.3. The number of benzene rings is 1. The van der Waals surface area contributed by atoms with Crippen LogP contribution in [0.15, 0.2) is 24.3 Å². The summed E-state index contributed by atoms with van der Waals surface area (Å²) in [4.78, 5) is 27.2. The summed E-state index contributed by atoms with van der Waals surface area (Å²) in [5, 5.41) is 4.66. The Morgan fingerprint density at radius 1 is 1.17 bits per heavy atom. The van der Waals surface area contributed by atoms with E-state index >= 15 is 0 Å². The van der Waals surface area contributed by atoms with E-state index in [2.05, 4.69) is 5.10 Å². The molecule has 1 aromatic heterocycles. The normalized spacial score (nSPS) is 19.0. The smallest absolute Gasteiger partial charge is 0.310 e. The highest BCUT2D eigenvalue weighted by atomic mass is 19.1. The van der Waals surface area contributed by atoms with Gasteiger partial charge in [-0.15, -0.1) is 0 Å². The quantitative estimate of drug-likeness (QED) is 0.740. The fourth-order valence-corrected chi connectivity index (χ4v) is 4.33. The maximum atomic E-state index is 13.3. The van der Waals surface area contributed by atoms with Crippen LogP contribution in [0.25, 0.3) is 5.69 Å². The van der Waals surface area contributed by atoms with Crippen LogP contribution < -0.4 is 0 Å². The summed E-state index contributed by atoms with van der Waals surface area (Å²) in [6.45, 7) is 3.12. The molecule has 4 rings (SSSR count). The summed E-state index contributed by atoms with van der Waals surface area (Å²) in [6.07, 6.45) is 5.24. The van der Waals surface area contributed by atoms with Gasteiger partial charge >= 0.3 is 5.97 Å². The van der Waals surface area contributed by atoms with Gasteiger partial charge in [-0.05, 0) is 69.7 Å². The molecule has 1 fully saturated rings. The zero-order valence-electron chi connectivity index (χ0n) is 16.7. The SMILES string of the molecule is CCOC(=O)C1CCCN(C(=O)c2nn(-c3ccc(F)cc3)c3c2CCCC3)C1. The average Bonchev–Trinajstić information content (AvgIpc) is 3.14. The lowest BCUT2D eigenvalue weighted by atomic mass is 9.94. The lowest BCUT2D eigenvalue weighted by Crippen LogP contribution is -2.43. The number of ether oxygens (including phenoxy) is 1. The predicted octanol–water partition coefficient (Wildman–Crippen LogP) is 3.31. The second kappa shape index (κ2) is 8.35. The Morgan fingerprint density at radius 2 is 1.93 bits per heavy atom. The van der Waals surface area contributed by atoms with Crippen molar-refractivity contribution >= 4 is 11.9 Å². The van der Waals surface area contributed by atoms with Crippen LogP contribution in [0.3, 0.4) is 0 Å². The van der Waals surface area contributed by atoms with E-state index < -0.39 is 0 Å². The number of aromatic nitrogens is 2. The number of piperidine rings is 1. The molecular formula is C22H26FN3O3. The maximum Gasteiger partial charge on any atom is 0.310 e. The third kappa shape index (κ3) is 3.91. The molecule has 1 aliphatic heterocycles. The van der Waals surface area contributed by atoms with E-state index in [0.29, 0.717) is 25.4 Å². The third-order valence-electron chi connectivity index (χ3n) is 5.78. The van der Waals surface area contributed by atoms with Crippen molar-refractivity contribution in [3.8, 4) is 5.69 Å². The molecule has 6 nitrogen and oxygen atoms in total. The van der Waals surface area contributed by atoms with Gasteiger partial charge < -0.3 is 9.64 Å². The molecule has 1 unspecified atom stereocenters. The number of hydrogen-bond acceptors (Lipinski definition) is 4. The number of nitrogens with zero attached hydrogens (tertiary/aromatic N) is 3. The molecule has 0 saturated carbocycles. The number of amides is 1. The fraction of sp³-hybridized carbons (Fsp3) is 0.500. The lowest BCUT2D eigenvalue weighted by molar-refractivity contribution is -0.149. The van der Waals surface area contributed by atoms with Gasteiger partial charge in [0.2, 0.25) is 0 Å². The van der Waals surface area contributed by atoms with Crippen molar-refractivity contribution in [1.29, 1.82) is 0 Å². The van der Waals surface area contributed by atoms with Crippen LogP contribution in [0.2, 0.25) is 0 Å². The van der Waals surface area contributed by atoms with Gasteiger partial charge in [0.05, 0.1) is 18.2 Å². The largest absolute Gasteiger partial charge is 0.466 e. The first kappa shape index (κ1) is 19.6. The first-order valence-corrected chi connectivity index (χ1v) is 10.4. The highest BCUT2D eigenvalue weighted by molar-refractivity contribution is 5.94. The minimum absolute atomic E-state index is 0.127. The molecule has 1 amide bonds. The van der Waals surface area contributed by atoms with Gasteiger partial charge in [-0.25, -0.2) is 9.07 Å². The fourth-order valence-electron chi connectivity index (χ4n) is 4.33. The molecule has 7 heteroatoms. The van der Waals surface area contributed by atoms with Crippen molar-refractivity contribution in [1.82, 2.24) is 14.7 Å².